The molecule has 2 aromatic rings. The molecule has 12 heteroatoms. The number of piperazine rings is 1. The maximum absolute atomic E-state index is 15.5. The molecule has 326 valence electrons. The van der Waals surface area contributed by atoms with Crippen molar-refractivity contribution in [1.82, 2.24) is 19.4 Å². The number of methoxy groups -OCH3 is 1. The Morgan fingerprint density at radius 1 is 1.02 bits per heavy atom. The molecule has 6 unspecified atom stereocenters. The molecule has 8 aliphatic rings. The Bertz CT molecular complexity index is 2320. The molecule has 3 saturated carbocycles. The minimum absolute atomic E-state index is 0.0140. The van der Waals surface area contributed by atoms with Crippen LogP contribution >= 0.6 is 0 Å². The number of anilines is 1. The third-order valence-electron chi connectivity index (χ3n) is 14.4. The Morgan fingerprint density at radius 3 is 2.49 bits per heavy atom. The van der Waals surface area contributed by atoms with E-state index in [2.05, 4.69) is 99.5 Å². The van der Waals surface area contributed by atoms with Crippen LogP contribution in [0.3, 0.4) is 0 Å². The molecule has 2 saturated heterocycles. The number of ether oxygens (including phenoxy) is 5. The van der Waals surface area contributed by atoms with E-state index in [0.29, 0.717) is 42.5 Å². The van der Waals surface area contributed by atoms with Crippen molar-refractivity contribution >= 4 is 29.5 Å². The average Bonchev–Trinajstić information content (AvgIpc) is 3.74. The van der Waals surface area contributed by atoms with Crippen LogP contribution in [-0.2, 0) is 25.5 Å². The second-order valence-electron chi connectivity index (χ2n) is 19.5. The number of ketones is 1. The number of nitrogens with zero attached hydrogens (tertiary/aromatic N) is 4. The third kappa shape index (κ3) is 6.44. The van der Waals surface area contributed by atoms with E-state index in [9.17, 15) is 4.79 Å². The SMILES string of the molecule is COC(=O)/C(C)=C\CC12OC(C)(C)C3CC(C1=O)C1C4=C(Nc5nccn51)c1c(OCCN5CCN(C)CC5)c5c(c(CC=C(C)C)c1OC432)OC(C)(CCC=C(C)C)C=C5. The monoisotopic (exact) mass is 833 g/mol. The number of hydrogen-bond acceptors (Lipinski definition) is 11. The summed E-state index contributed by atoms with van der Waals surface area (Å²) in [5.74, 6) is 1.65. The van der Waals surface area contributed by atoms with Crippen molar-refractivity contribution in [3.8, 4) is 17.2 Å². The van der Waals surface area contributed by atoms with E-state index in [0.717, 1.165) is 84.8 Å². The van der Waals surface area contributed by atoms with Crippen molar-refractivity contribution in [1.29, 1.82) is 0 Å². The summed E-state index contributed by atoms with van der Waals surface area (Å²) >= 11 is 0. The van der Waals surface area contributed by atoms with Crippen LogP contribution in [0.15, 0.2) is 59.0 Å². The van der Waals surface area contributed by atoms with Crippen LogP contribution in [0.1, 0.15) is 104 Å². The Balaban J connectivity index is 1.30. The van der Waals surface area contributed by atoms with Crippen LogP contribution < -0.4 is 19.5 Å². The first-order valence-corrected chi connectivity index (χ1v) is 22.2. The summed E-state index contributed by atoms with van der Waals surface area (Å²) in [5.41, 5.74) is 3.24. The predicted molar refractivity (Wildman–Crippen MR) is 236 cm³/mol. The van der Waals surface area contributed by atoms with E-state index in [1.54, 1.807) is 19.2 Å². The lowest BCUT2D eigenvalue weighted by molar-refractivity contribution is -0.181. The van der Waals surface area contributed by atoms with Gasteiger partial charge in [0.2, 0.25) is 5.95 Å². The molecule has 3 aliphatic carbocycles. The number of imidazole rings is 1. The highest BCUT2D eigenvalue weighted by molar-refractivity contribution is 6.02. The maximum atomic E-state index is 15.5. The summed E-state index contributed by atoms with van der Waals surface area (Å²) in [6.45, 7) is 21.8. The largest absolute Gasteiger partial charge is 0.491 e. The first-order chi connectivity index (χ1) is 29.0. The van der Waals surface area contributed by atoms with Gasteiger partial charge in [-0.05, 0) is 100 Å². The number of fused-ring (bicyclic) bond motifs is 4. The summed E-state index contributed by atoms with van der Waals surface area (Å²) in [7, 11) is 3.54. The second-order valence-corrected chi connectivity index (χ2v) is 19.5. The highest BCUT2D eigenvalue weighted by Gasteiger charge is 2.84. The maximum Gasteiger partial charge on any atom is 0.333 e. The topological polar surface area (TPSA) is 117 Å². The lowest BCUT2D eigenvalue weighted by Crippen LogP contribution is -2.75. The molecule has 61 heavy (non-hydrogen) atoms. The summed E-state index contributed by atoms with van der Waals surface area (Å²) in [5, 5.41) is 3.81. The lowest BCUT2D eigenvalue weighted by atomic mass is 9.47. The van der Waals surface area contributed by atoms with Gasteiger partial charge in [-0.25, -0.2) is 9.78 Å². The molecule has 12 nitrogen and oxygen atoms in total. The number of benzene rings is 1. The molecule has 0 amide bonds. The van der Waals surface area contributed by atoms with Crippen molar-refractivity contribution in [3.63, 3.8) is 0 Å². The lowest BCUT2D eigenvalue weighted by Gasteiger charge is -2.62. The normalized spacial score (nSPS) is 30.3. The molecule has 1 aromatic carbocycles. The van der Waals surface area contributed by atoms with Gasteiger partial charge in [0, 0.05) is 80.1 Å². The zero-order valence-corrected chi connectivity index (χ0v) is 37.7. The number of likely N-dealkylation sites (N-methyl/N-ethyl adjacent to an activating group) is 1. The van der Waals surface area contributed by atoms with Crippen molar-refractivity contribution in [2.24, 2.45) is 11.8 Å². The van der Waals surface area contributed by atoms with E-state index in [1.165, 1.54) is 12.7 Å². The highest BCUT2D eigenvalue weighted by Crippen LogP contribution is 2.74. The zero-order chi connectivity index (χ0) is 43.2. The average molecular weight is 834 g/mol. The number of carbonyl (C=O) groups excluding carboxylic acids is 2. The van der Waals surface area contributed by atoms with E-state index in [-0.39, 0.29) is 24.2 Å². The standard InChI is InChI=1S/C49H63N5O7/c1-29(2)12-11-17-47(8)18-16-33-40(59-47)32(14-13-30(3)4)42-36(41(33)58-27-26-53-24-22-52(9)23-25-53)38-37-39(54-21-20-50-45(54)51-38)34-28-35-46(6,7)61-48(43(34)55,49(35,37)60-42)19-15-31(5)44(56)57-10/h12-13,15-16,18,20-21,34-35,39H,11,14,17,19,22-28H2,1-10H3,(H,50,51)/b31-15-. The quantitative estimate of drug-likeness (QED) is 0.129. The molecule has 4 bridgehead atoms. The van der Waals surface area contributed by atoms with E-state index >= 15 is 4.79 Å². The number of esters is 1. The van der Waals surface area contributed by atoms with Gasteiger partial charge in [0.25, 0.3) is 0 Å². The van der Waals surface area contributed by atoms with Crippen molar-refractivity contribution in [3.05, 3.63) is 75.7 Å². The van der Waals surface area contributed by atoms with Gasteiger partial charge in [0.15, 0.2) is 17.0 Å². The fraction of sp³-hybridized carbons (Fsp3) is 0.571. The second kappa shape index (κ2) is 15.0. The fourth-order valence-electron chi connectivity index (χ4n) is 11.4. The molecule has 1 spiro atoms. The van der Waals surface area contributed by atoms with Crippen LogP contribution in [0, 0.1) is 11.8 Å². The van der Waals surface area contributed by atoms with E-state index < -0.39 is 34.3 Å². The minimum atomic E-state index is -1.44. The van der Waals surface area contributed by atoms with E-state index in [4.69, 9.17) is 28.7 Å². The zero-order valence-electron chi connectivity index (χ0n) is 37.7. The van der Waals surface area contributed by atoms with Gasteiger partial charge in [0.1, 0.15) is 29.5 Å². The summed E-state index contributed by atoms with van der Waals surface area (Å²) < 4.78 is 36.8. The molecule has 0 radical (unpaired) electrons. The van der Waals surface area contributed by atoms with Crippen molar-refractivity contribution < 1.29 is 33.3 Å². The third-order valence-corrected chi connectivity index (χ3v) is 14.4. The molecule has 6 atom stereocenters. The molecule has 5 fully saturated rings. The predicted octanol–water partition coefficient (Wildman–Crippen LogP) is 7.71. The minimum Gasteiger partial charge on any atom is -0.491 e. The molecule has 1 N–H and O–H groups in total. The highest BCUT2D eigenvalue weighted by atomic mass is 16.6. The Kier molecular flexibility index (Phi) is 10.3. The summed E-state index contributed by atoms with van der Waals surface area (Å²) in [4.78, 5) is 38.0. The Morgan fingerprint density at radius 2 is 1.77 bits per heavy atom. The van der Waals surface area contributed by atoms with Gasteiger partial charge in [-0.2, -0.15) is 0 Å². The number of Topliss-reactive ketones (excluding diaryl/α,β-unsaturated/α-hetero) is 1. The van der Waals surface area contributed by atoms with Crippen LogP contribution in [0.4, 0.5) is 5.95 Å². The summed E-state index contributed by atoms with van der Waals surface area (Å²) in [6.07, 6.45) is 17.3. The number of carbonyl (C=O) groups is 2. The molecule has 1 aromatic heterocycles. The number of hydrogen-bond donors (Lipinski definition) is 1. The van der Waals surface area contributed by atoms with Crippen LogP contribution in [-0.4, -0.2) is 107 Å². The molecule has 6 heterocycles. The van der Waals surface area contributed by atoms with Gasteiger partial charge < -0.3 is 38.5 Å². The summed E-state index contributed by atoms with van der Waals surface area (Å²) in [6, 6.07) is -0.359. The van der Waals surface area contributed by atoms with Gasteiger partial charge in [-0.15, -0.1) is 0 Å². The Labute approximate surface area is 360 Å². The molecular formula is C49H63N5O7. The Hall–Kier alpha value is -4.65. The van der Waals surface area contributed by atoms with Gasteiger partial charge in [-0.3, -0.25) is 9.69 Å². The smallest absolute Gasteiger partial charge is 0.333 e. The van der Waals surface area contributed by atoms with Gasteiger partial charge in [0.05, 0.1) is 35.6 Å². The van der Waals surface area contributed by atoms with Gasteiger partial charge >= 0.3 is 5.97 Å². The van der Waals surface area contributed by atoms with Crippen LogP contribution in [0.25, 0.3) is 11.8 Å². The van der Waals surface area contributed by atoms with Crippen LogP contribution in [0.5, 0.6) is 17.2 Å². The number of rotatable bonds is 12. The molecule has 10 rings (SSSR count). The van der Waals surface area contributed by atoms with Gasteiger partial charge in [-0.1, -0.05) is 29.4 Å². The molecule has 5 aliphatic heterocycles. The number of aromatic nitrogens is 2. The first kappa shape index (κ1) is 41.7. The van der Waals surface area contributed by atoms with Crippen LogP contribution in [0.2, 0.25) is 0 Å². The number of nitrogens with one attached hydrogen (secondary N) is 1. The fourth-order valence-corrected chi connectivity index (χ4v) is 11.4. The number of allylic oxidation sites excluding steroid dienone is 4. The van der Waals surface area contributed by atoms with E-state index in [1.807, 2.05) is 6.20 Å². The molecular weight excluding hydrogens is 771 g/mol. The van der Waals surface area contributed by atoms with Crippen molar-refractivity contribution in [2.45, 2.75) is 116 Å². The first-order valence-electron chi connectivity index (χ1n) is 22.2. The van der Waals surface area contributed by atoms with Crippen molar-refractivity contribution in [2.75, 3.05) is 58.8 Å².